The molecule has 0 aliphatic heterocycles. The fourth-order valence-corrected chi connectivity index (χ4v) is 1.94. The van der Waals surface area contributed by atoms with Gasteiger partial charge in [0.25, 0.3) is 0 Å². The van der Waals surface area contributed by atoms with E-state index in [1.165, 1.54) is 24.1 Å². The second kappa shape index (κ2) is 7.63. The van der Waals surface area contributed by atoms with Gasteiger partial charge in [0.05, 0.1) is 11.3 Å². The van der Waals surface area contributed by atoms with Crippen LogP contribution in [0.5, 0.6) is 0 Å². The number of carboxylic acid groups (broad SMARTS) is 1. The van der Waals surface area contributed by atoms with Crippen molar-refractivity contribution in [3.8, 4) is 0 Å². The van der Waals surface area contributed by atoms with E-state index in [0.29, 0.717) is 11.0 Å². The Kier molecular flexibility index (Phi) is 6.16. The summed E-state index contributed by atoms with van der Waals surface area (Å²) >= 11 is 3.18. The topological polar surface area (TPSA) is 98.7 Å². The number of hydrogen-bond donors (Lipinski definition) is 3. The Morgan fingerprint density at radius 3 is 2.52 bits per heavy atom. The van der Waals surface area contributed by atoms with Crippen LogP contribution in [0.4, 0.5) is 10.5 Å². The number of carbonyl (C=O) groups excluding carboxylic acids is 2. The predicted molar refractivity (Wildman–Crippen MR) is 81.4 cm³/mol. The molecule has 0 fully saturated rings. The highest BCUT2D eigenvalue weighted by Crippen LogP contribution is 2.21. The lowest BCUT2D eigenvalue weighted by molar-refractivity contribution is -0.121. The normalized spacial score (nSPS) is 9.86. The van der Waals surface area contributed by atoms with E-state index < -0.39 is 12.0 Å². The second-order valence-electron chi connectivity index (χ2n) is 4.11. The van der Waals surface area contributed by atoms with Gasteiger partial charge < -0.3 is 20.6 Å². The maximum atomic E-state index is 12.1. The van der Waals surface area contributed by atoms with Crippen molar-refractivity contribution in [2.24, 2.45) is 0 Å². The lowest BCUT2D eigenvalue weighted by Crippen LogP contribution is -2.41. The largest absolute Gasteiger partial charge is 0.478 e. The van der Waals surface area contributed by atoms with Crippen LogP contribution in [0, 0.1) is 0 Å². The quantitative estimate of drug-likeness (QED) is 0.747. The summed E-state index contributed by atoms with van der Waals surface area (Å²) in [5.41, 5.74) is 0.139. The van der Waals surface area contributed by atoms with E-state index in [9.17, 15) is 14.4 Å². The minimum atomic E-state index is -1.15. The number of aromatic carboxylic acids is 1. The van der Waals surface area contributed by atoms with Crippen LogP contribution in [0.2, 0.25) is 0 Å². The molecule has 0 aliphatic rings. The van der Waals surface area contributed by atoms with Gasteiger partial charge in [-0.3, -0.25) is 4.79 Å². The summed E-state index contributed by atoms with van der Waals surface area (Å²) in [6, 6.07) is 3.97. The third-order valence-corrected chi connectivity index (χ3v) is 3.23. The molecule has 1 aromatic rings. The zero-order valence-corrected chi connectivity index (χ0v) is 13.2. The molecule has 0 spiro atoms. The highest BCUT2D eigenvalue weighted by molar-refractivity contribution is 9.10. The van der Waals surface area contributed by atoms with Crippen LogP contribution < -0.4 is 10.6 Å². The molecule has 114 valence electrons. The summed E-state index contributed by atoms with van der Waals surface area (Å²) in [4.78, 5) is 35.8. The van der Waals surface area contributed by atoms with E-state index in [1.54, 1.807) is 13.0 Å². The van der Waals surface area contributed by atoms with E-state index in [2.05, 4.69) is 26.6 Å². The number of nitrogens with one attached hydrogen (secondary N) is 2. The molecule has 0 bridgehead atoms. The zero-order valence-electron chi connectivity index (χ0n) is 11.6. The van der Waals surface area contributed by atoms with Crippen LogP contribution in [0.25, 0.3) is 0 Å². The molecule has 0 unspecified atom stereocenters. The highest BCUT2D eigenvalue weighted by Gasteiger charge is 2.18. The Morgan fingerprint density at radius 1 is 1.33 bits per heavy atom. The lowest BCUT2D eigenvalue weighted by Gasteiger charge is -2.21. The Hall–Kier alpha value is -2.09. The first-order chi connectivity index (χ1) is 9.88. The fourth-order valence-electron chi connectivity index (χ4n) is 1.58. The number of amides is 3. The first kappa shape index (κ1) is 17.0. The van der Waals surface area contributed by atoms with Gasteiger partial charge in [0.2, 0.25) is 5.91 Å². The van der Waals surface area contributed by atoms with Crippen molar-refractivity contribution < 1.29 is 19.5 Å². The standard InChI is InChI=1S/C13H16BrN3O4/c1-3-17(7-11(18)15-2)13(21)16-10-5-4-8(14)6-9(10)12(19)20/h4-6H,3,7H2,1-2H3,(H,15,18)(H,16,21)(H,19,20). The van der Waals surface area contributed by atoms with Gasteiger partial charge in [-0.2, -0.15) is 0 Å². The van der Waals surface area contributed by atoms with Crippen LogP contribution in [-0.2, 0) is 4.79 Å². The molecule has 1 rings (SSSR count). The smallest absolute Gasteiger partial charge is 0.337 e. The number of likely N-dealkylation sites (N-methyl/N-ethyl adjacent to an activating group) is 2. The van der Waals surface area contributed by atoms with Gasteiger partial charge in [0.1, 0.15) is 6.54 Å². The number of rotatable bonds is 5. The molecule has 3 amide bonds. The average Bonchev–Trinajstić information content (AvgIpc) is 2.45. The number of halogens is 1. The molecule has 0 aliphatic carbocycles. The third kappa shape index (κ3) is 4.75. The molecule has 3 N–H and O–H groups in total. The molecule has 0 atom stereocenters. The molecule has 0 radical (unpaired) electrons. The van der Waals surface area contributed by atoms with Gasteiger partial charge in [0, 0.05) is 18.1 Å². The number of nitrogens with zero attached hydrogens (tertiary/aromatic N) is 1. The Balaban J connectivity index is 2.91. The number of anilines is 1. The minimum Gasteiger partial charge on any atom is -0.478 e. The van der Waals surface area contributed by atoms with Crippen molar-refractivity contribution in [2.75, 3.05) is 25.5 Å². The highest BCUT2D eigenvalue weighted by atomic mass is 79.9. The second-order valence-corrected chi connectivity index (χ2v) is 5.03. The number of hydrogen-bond acceptors (Lipinski definition) is 3. The maximum Gasteiger partial charge on any atom is 0.337 e. The fraction of sp³-hybridized carbons (Fsp3) is 0.308. The van der Waals surface area contributed by atoms with Crippen molar-refractivity contribution in [3.63, 3.8) is 0 Å². The van der Waals surface area contributed by atoms with E-state index in [0.717, 1.165) is 0 Å². The van der Waals surface area contributed by atoms with Crippen LogP contribution in [-0.4, -0.2) is 48.1 Å². The van der Waals surface area contributed by atoms with E-state index >= 15 is 0 Å². The number of carboxylic acids is 1. The molecule has 21 heavy (non-hydrogen) atoms. The molecule has 0 heterocycles. The Bertz CT molecular complexity index is 562. The molecular formula is C13H16BrN3O4. The summed E-state index contributed by atoms with van der Waals surface area (Å²) < 4.78 is 0.593. The van der Waals surface area contributed by atoms with Crippen molar-refractivity contribution in [1.82, 2.24) is 10.2 Å². The van der Waals surface area contributed by atoms with E-state index in [-0.39, 0.29) is 23.7 Å². The van der Waals surface area contributed by atoms with Crippen LogP contribution in [0.15, 0.2) is 22.7 Å². The summed E-state index contributed by atoms with van der Waals surface area (Å²) in [5.74, 6) is -1.46. The molecule has 0 aromatic heterocycles. The molecular weight excluding hydrogens is 342 g/mol. The first-order valence-electron chi connectivity index (χ1n) is 6.18. The predicted octanol–water partition coefficient (Wildman–Crippen LogP) is 1.75. The zero-order chi connectivity index (χ0) is 16.0. The van der Waals surface area contributed by atoms with Gasteiger partial charge in [-0.1, -0.05) is 15.9 Å². The van der Waals surface area contributed by atoms with Gasteiger partial charge in [0.15, 0.2) is 0 Å². The molecule has 0 saturated heterocycles. The third-order valence-electron chi connectivity index (χ3n) is 2.74. The lowest BCUT2D eigenvalue weighted by atomic mass is 10.2. The summed E-state index contributed by atoms with van der Waals surface area (Å²) in [6.07, 6.45) is 0. The van der Waals surface area contributed by atoms with E-state index in [1.807, 2.05) is 0 Å². The number of urea groups is 1. The summed E-state index contributed by atoms with van der Waals surface area (Å²) in [6.45, 7) is 1.94. The minimum absolute atomic E-state index is 0.0336. The molecule has 1 aromatic carbocycles. The summed E-state index contributed by atoms with van der Waals surface area (Å²) in [5, 5.41) is 14.1. The average molecular weight is 358 g/mol. The first-order valence-corrected chi connectivity index (χ1v) is 6.97. The maximum absolute atomic E-state index is 12.1. The van der Waals surface area contributed by atoms with Gasteiger partial charge in [-0.15, -0.1) is 0 Å². The Labute approximate surface area is 130 Å². The van der Waals surface area contributed by atoms with Crippen molar-refractivity contribution in [3.05, 3.63) is 28.2 Å². The van der Waals surface area contributed by atoms with E-state index in [4.69, 9.17) is 5.11 Å². The van der Waals surface area contributed by atoms with Gasteiger partial charge in [-0.25, -0.2) is 9.59 Å². The van der Waals surface area contributed by atoms with Crippen molar-refractivity contribution >= 4 is 39.5 Å². The monoisotopic (exact) mass is 357 g/mol. The number of carbonyl (C=O) groups is 3. The molecule has 7 nitrogen and oxygen atoms in total. The van der Waals surface area contributed by atoms with Gasteiger partial charge in [-0.05, 0) is 25.1 Å². The summed E-state index contributed by atoms with van der Waals surface area (Å²) in [7, 11) is 1.48. The van der Waals surface area contributed by atoms with Crippen LogP contribution in [0.3, 0.4) is 0 Å². The van der Waals surface area contributed by atoms with Crippen molar-refractivity contribution in [1.29, 1.82) is 0 Å². The number of benzene rings is 1. The SMILES string of the molecule is CCN(CC(=O)NC)C(=O)Nc1ccc(Br)cc1C(=O)O. The van der Waals surface area contributed by atoms with Crippen LogP contribution >= 0.6 is 15.9 Å². The molecule has 8 heteroatoms. The van der Waals surface area contributed by atoms with Gasteiger partial charge >= 0.3 is 12.0 Å². The molecule has 0 saturated carbocycles. The van der Waals surface area contributed by atoms with Crippen molar-refractivity contribution in [2.45, 2.75) is 6.92 Å². The van der Waals surface area contributed by atoms with Crippen LogP contribution in [0.1, 0.15) is 17.3 Å². The Morgan fingerprint density at radius 2 is 2.00 bits per heavy atom.